The van der Waals surface area contributed by atoms with Crippen molar-refractivity contribution in [2.75, 3.05) is 11.9 Å². The number of hydrogen-bond donors (Lipinski definition) is 1. The molecule has 0 fully saturated rings. The molecule has 1 aliphatic carbocycles. The molecule has 0 saturated carbocycles. The van der Waals surface area contributed by atoms with Crippen molar-refractivity contribution in [3.05, 3.63) is 33.5 Å². The van der Waals surface area contributed by atoms with Gasteiger partial charge in [-0.25, -0.2) is 9.59 Å². The van der Waals surface area contributed by atoms with Crippen LogP contribution in [-0.4, -0.2) is 40.3 Å². The number of hydrogen-bond acceptors (Lipinski definition) is 7. The maximum absolute atomic E-state index is 12.7. The van der Waals surface area contributed by atoms with E-state index in [4.69, 9.17) is 9.47 Å². The lowest BCUT2D eigenvalue weighted by molar-refractivity contribution is -0.123. The molecule has 0 bridgehead atoms. The normalized spacial score (nSPS) is 16.5. The Morgan fingerprint density at radius 3 is 2.73 bits per heavy atom. The second-order valence-electron chi connectivity index (χ2n) is 7.58. The number of carbonyl (C=O) groups is 3. The molecule has 1 amide bonds. The number of amides is 1. The van der Waals surface area contributed by atoms with Gasteiger partial charge in [0.1, 0.15) is 10.6 Å². The summed E-state index contributed by atoms with van der Waals surface area (Å²) in [6.07, 6.45) is 3.01. The Labute approximate surface area is 179 Å². The van der Waals surface area contributed by atoms with E-state index in [9.17, 15) is 14.4 Å². The van der Waals surface area contributed by atoms with E-state index in [1.165, 1.54) is 24.5 Å². The highest BCUT2D eigenvalue weighted by Crippen LogP contribution is 2.40. The Morgan fingerprint density at radius 2 is 2.10 bits per heavy atom. The van der Waals surface area contributed by atoms with E-state index < -0.39 is 23.9 Å². The first-order chi connectivity index (χ1) is 14.2. The second-order valence-corrected chi connectivity index (χ2v) is 8.69. The van der Waals surface area contributed by atoms with Crippen molar-refractivity contribution >= 4 is 34.2 Å². The first kappa shape index (κ1) is 22.0. The molecule has 0 saturated heterocycles. The van der Waals surface area contributed by atoms with Crippen LogP contribution in [0.4, 0.5) is 5.00 Å². The Balaban J connectivity index is 1.77. The zero-order valence-corrected chi connectivity index (χ0v) is 18.7. The van der Waals surface area contributed by atoms with Gasteiger partial charge < -0.3 is 14.8 Å². The molecule has 1 aliphatic rings. The zero-order valence-electron chi connectivity index (χ0n) is 17.9. The molecule has 0 aromatic carbocycles. The molecule has 0 aliphatic heterocycles. The van der Waals surface area contributed by atoms with Gasteiger partial charge in [-0.15, -0.1) is 11.3 Å². The fourth-order valence-electron chi connectivity index (χ4n) is 3.45. The van der Waals surface area contributed by atoms with Gasteiger partial charge in [-0.05, 0) is 51.5 Å². The average Bonchev–Trinajstić information content (AvgIpc) is 3.21. The third kappa shape index (κ3) is 4.40. The van der Waals surface area contributed by atoms with Crippen molar-refractivity contribution in [1.82, 2.24) is 9.78 Å². The molecule has 3 rings (SSSR count). The van der Waals surface area contributed by atoms with Crippen molar-refractivity contribution in [1.29, 1.82) is 0 Å². The van der Waals surface area contributed by atoms with Gasteiger partial charge in [0.25, 0.3) is 5.91 Å². The maximum atomic E-state index is 12.7. The summed E-state index contributed by atoms with van der Waals surface area (Å²) in [4.78, 5) is 38.8. The largest absolute Gasteiger partial charge is 0.462 e. The minimum Gasteiger partial charge on any atom is -0.462 e. The minimum atomic E-state index is -1.04. The number of anilines is 1. The molecule has 2 heterocycles. The maximum Gasteiger partial charge on any atom is 0.342 e. The molecule has 2 aromatic heterocycles. The van der Waals surface area contributed by atoms with E-state index in [1.807, 2.05) is 0 Å². The van der Waals surface area contributed by atoms with Crippen LogP contribution >= 0.6 is 11.3 Å². The lowest BCUT2D eigenvalue weighted by atomic mass is 9.88. The van der Waals surface area contributed by atoms with Crippen molar-refractivity contribution in [2.24, 2.45) is 13.0 Å². The number of carbonyl (C=O) groups excluding carboxylic acids is 3. The van der Waals surface area contributed by atoms with Crippen molar-refractivity contribution in [2.45, 2.75) is 53.1 Å². The highest BCUT2D eigenvalue weighted by Gasteiger charge is 2.30. The van der Waals surface area contributed by atoms with Crippen LogP contribution in [0, 0.1) is 12.8 Å². The van der Waals surface area contributed by atoms with E-state index >= 15 is 0 Å². The highest BCUT2D eigenvalue weighted by molar-refractivity contribution is 7.17. The molecule has 0 unspecified atom stereocenters. The van der Waals surface area contributed by atoms with Crippen LogP contribution in [0.15, 0.2) is 6.20 Å². The van der Waals surface area contributed by atoms with Gasteiger partial charge in [0.15, 0.2) is 6.10 Å². The summed E-state index contributed by atoms with van der Waals surface area (Å²) in [5.74, 6) is -1.02. The number of ether oxygens (including phenoxy) is 2. The molecule has 0 radical (unpaired) electrons. The highest BCUT2D eigenvalue weighted by atomic mass is 32.1. The van der Waals surface area contributed by atoms with E-state index in [1.54, 1.807) is 25.6 Å². The van der Waals surface area contributed by atoms with Gasteiger partial charge in [0.05, 0.1) is 18.4 Å². The number of fused-ring (bicyclic) bond motifs is 1. The lowest BCUT2D eigenvalue weighted by Crippen LogP contribution is -2.30. The Kier molecular flexibility index (Phi) is 6.60. The van der Waals surface area contributed by atoms with Crippen LogP contribution in [0.3, 0.4) is 0 Å². The molecular weight excluding hydrogens is 406 g/mol. The summed E-state index contributed by atoms with van der Waals surface area (Å²) >= 11 is 1.40. The van der Waals surface area contributed by atoms with E-state index in [2.05, 4.69) is 17.3 Å². The summed E-state index contributed by atoms with van der Waals surface area (Å²) in [5, 5.41) is 7.25. The number of esters is 2. The fraction of sp³-hybridized carbons (Fsp3) is 0.524. The fourth-order valence-corrected chi connectivity index (χ4v) is 4.85. The van der Waals surface area contributed by atoms with Crippen LogP contribution in [-0.2, 0) is 34.2 Å². The molecule has 1 N–H and O–H groups in total. The first-order valence-corrected chi connectivity index (χ1v) is 10.9. The van der Waals surface area contributed by atoms with Crippen molar-refractivity contribution in [3.63, 3.8) is 0 Å². The molecule has 162 valence electrons. The summed E-state index contributed by atoms with van der Waals surface area (Å²) < 4.78 is 12.1. The summed E-state index contributed by atoms with van der Waals surface area (Å²) in [7, 11) is 1.72. The topological polar surface area (TPSA) is 99.5 Å². The Morgan fingerprint density at radius 1 is 1.37 bits per heavy atom. The van der Waals surface area contributed by atoms with Crippen LogP contribution in [0.1, 0.15) is 64.0 Å². The number of aromatic nitrogens is 2. The smallest absolute Gasteiger partial charge is 0.342 e. The number of rotatable bonds is 6. The number of nitrogens with zero attached hydrogens (tertiary/aromatic N) is 2. The Hall–Kier alpha value is -2.68. The molecular formula is C21H27N3O5S. The zero-order chi connectivity index (χ0) is 22.0. The van der Waals surface area contributed by atoms with Crippen LogP contribution < -0.4 is 5.32 Å². The van der Waals surface area contributed by atoms with Crippen LogP contribution in [0.2, 0.25) is 0 Å². The van der Waals surface area contributed by atoms with Crippen molar-refractivity contribution in [3.8, 4) is 0 Å². The molecule has 9 heteroatoms. The monoisotopic (exact) mass is 433 g/mol. The number of nitrogens with one attached hydrogen (secondary N) is 1. The minimum absolute atomic E-state index is 0.256. The number of aryl methyl sites for hydroxylation is 1. The van der Waals surface area contributed by atoms with Crippen LogP contribution in [0.5, 0.6) is 0 Å². The van der Waals surface area contributed by atoms with Gasteiger partial charge in [-0.3, -0.25) is 9.48 Å². The summed E-state index contributed by atoms with van der Waals surface area (Å²) in [6, 6.07) is 0. The first-order valence-electron chi connectivity index (χ1n) is 10.0. The van der Waals surface area contributed by atoms with E-state index in [0.717, 1.165) is 29.7 Å². The number of thiophene rings is 1. The third-order valence-electron chi connectivity index (χ3n) is 5.34. The summed E-state index contributed by atoms with van der Waals surface area (Å²) in [5.41, 5.74) is 2.35. The third-order valence-corrected chi connectivity index (χ3v) is 6.51. The molecule has 30 heavy (non-hydrogen) atoms. The quantitative estimate of drug-likeness (QED) is 0.702. The van der Waals surface area contributed by atoms with Gasteiger partial charge >= 0.3 is 11.9 Å². The average molecular weight is 434 g/mol. The van der Waals surface area contributed by atoms with E-state index in [0.29, 0.717) is 27.7 Å². The Bertz CT molecular complexity index is 978. The summed E-state index contributed by atoms with van der Waals surface area (Å²) in [6.45, 7) is 7.42. The molecule has 8 nitrogen and oxygen atoms in total. The molecule has 2 atom stereocenters. The molecule has 2 aromatic rings. The van der Waals surface area contributed by atoms with Gasteiger partial charge in [0, 0.05) is 17.6 Å². The second kappa shape index (κ2) is 8.99. The van der Waals surface area contributed by atoms with E-state index in [-0.39, 0.29) is 6.61 Å². The molecule has 0 spiro atoms. The van der Waals surface area contributed by atoms with Crippen molar-refractivity contribution < 1.29 is 23.9 Å². The lowest BCUT2D eigenvalue weighted by Gasteiger charge is -2.18. The van der Waals surface area contributed by atoms with Gasteiger partial charge in [-0.2, -0.15) is 5.10 Å². The SMILES string of the molecule is CCOC(=O)c1c(NC(=O)[C@@H](C)OC(=O)c2cnn(C)c2C)sc2c1CC[C@H](C)C2. The van der Waals surface area contributed by atoms with Gasteiger partial charge in [-0.1, -0.05) is 6.92 Å². The van der Waals surface area contributed by atoms with Gasteiger partial charge in [0.2, 0.25) is 0 Å². The standard InChI is InChI=1S/C21H27N3O5S/c1-6-28-21(27)17-14-8-7-11(2)9-16(14)30-19(17)23-18(25)13(4)29-20(26)15-10-22-24(5)12(15)3/h10-11,13H,6-9H2,1-5H3,(H,23,25)/t11-,13+/m0/s1. The predicted octanol–water partition coefficient (Wildman–Crippen LogP) is 3.28. The predicted molar refractivity (Wildman–Crippen MR) is 113 cm³/mol. The van der Waals surface area contributed by atoms with Crippen LogP contribution in [0.25, 0.3) is 0 Å².